The van der Waals surface area contributed by atoms with E-state index in [4.69, 9.17) is 16.3 Å². The Labute approximate surface area is 195 Å². The second-order valence-corrected chi connectivity index (χ2v) is 9.02. The smallest absolute Gasteiger partial charge is 0.258 e. The first kappa shape index (κ1) is 23.9. The molecular formula is C26H31ClN2O3. The van der Waals surface area contributed by atoms with Crippen LogP contribution in [0.5, 0.6) is 5.75 Å². The molecule has 1 heterocycles. The fraction of sp³-hybridized carbons (Fsp3) is 0.385. The lowest BCUT2D eigenvalue weighted by molar-refractivity contribution is -0.127. The van der Waals surface area contributed by atoms with Crippen molar-refractivity contribution < 1.29 is 14.3 Å². The van der Waals surface area contributed by atoms with Gasteiger partial charge in [0.05, 0.1) is 17.7 Å². The Hall–Kier alpha value is -2.79. The van der Waals surface area contributed by atoms with Crippen molar-refractivity contribution in [3.8, 4) is 5.75 Å². The predicted octanol–water partition coefficient (Wildman–Crippen LogP) is 5.41. The van der Waals surface area contributed by atoms with Crippen LogP contribution in [-0.4, -0.2) is 35.9 Å². The molecule has 2 aromatic carbocycles. The van der Waals surface area contributed by atoms with Crippen molar-refractivity contribution >= 4 is 23.4 Å². The molecule has 3 rings (SSSR count). The number of benzene rings is 2. The lowest BCUT2D eigenvalue weighted by Crippen LogP contribution is -2.51. The molecule has 0 radical (unpaired) electrons. The Bertz CT molecular complexity index is 989. The van der Waals surface area contributed by atoms with E-state index < -0.39 is 6.04 Å². The van der Waals surface area contributed by atoms with Crippen LogP contribution >= 0.6 is 11.6 Å². The van der Waals surface area contributed by atoms with Crippen LogP contribution in [0.3, 0.4) is 0 Å². The molecule has 0 spiro atoms. The van der Waals surface area contributed by atoms with Gasteiger partial charge < -0.3 is 15.0 Å². The maximum atomic E-state index is 13.4. The molecule has 1 aliphatic rings. The van der Waals surface area contributed by atoms with Gasteiger partial charge in [-0.1, -0.05) is 61.9 Å². The van der Waals surface area contributed by atoms with Gasteiger partial charge in [0, 0.05) is 18.5 Å². The van der Waals surface area contributed by atoms with Crippen molar-refractivity contribution in [2.24, 2.45) is 5.92 Å². The molecule has 6 heteroatoms. The predicted molar refractivity (Wildman–Crippen MR) is 128 cm³/mol. The van der Waals surface area contributed by atoms with Gasteiger partial charge in [-0.25, -0.2) is 0 Å². The molecule has 3 atom stereocenters. The highest BCUT2D eigenvalue weighted by Gasteiger charge is 2.33. The second-order valence-electron chi connectivity index (χ2n) is 8.59. The highest BCUT2D eigenvalue weighted by Crippen LogP contribution is 2.26. The Kier molecular flexibility index (Phi) is 7.97. The van der Waals surface area contributed by atoms with Gasteiger partial charge in [0.15, 0.2) is 0 Å². The fourth-order valence-corrected chi connectivity index (χ4v) is 4.23. The van der Waals surface area contributed by atoms with E-state index in [9.17, 15) is 9.59 Å². The average molecular weight is 455 g/mol. The second kappa shape index (κ2) is 10.7. The lowest BCUT2D eigenvalue weighted by Gasteiger charge is -2.32. The van der Waals surface area contributed by atoms with E-state index in [0.717, 1.165) is 5.56 Å². The third-order valence-corrected chi connectivity index (χ3v) is 5.89. The van der Waals surface area contributed by atoms with Crippen LogP contribution < -0.4 is 10.1 Å². The van der Waals surface area contributed by atoms with E-state index in [1.807, 2.05) is 51.1 Å². The van der Waals surface area contributed by atoms with Gasteiger partial charge in [-0.05, 0) is 49.1 Å². The summed E-state index contributed by atoms with van der Waals surface area (Å²) in [4.78, 5) is 28.3. The third kappa shape index (κ3) is 5.71. The Morgan fingerprint density at radius 1 is 1.06 bits per heavy atom. The maximum absolute atomic E-state index is 13.4. The first-order valence-corrected chi connectivity index (χ1v) is 11.4. The van der Waals surface area contributed by atoms with Gasteiger partial charge in [-0.2, -0.15) is 0 Å². The zero-order chi connectivity index (χ0) is 23.3. The molecule has 0 bridgehead atoms. The van der Waals surface area contributed by atoms with Crippen molar-refractivity contribution in [3.63, 3.8) is 0 Å². The summed E-state index contributed by atoms with van der Waals surface area (Å²) in [7, 11) is 1.67. The number of para-hydroxylation sites is 1. The summed E-state index contributed by atoms with van der Waals surface area (Å²) in [5.41, 5.74) is 1.38. The van der Waals surface area contributed by atoms with E-state index in [-0.39, 0.29) is 29.9 Å². The summed E-state index contributed by atoms with van der Waals surface area (Å²) in [6, 6.07) is 13.8. The molecule has 5 nitrogen and oxygen atoms in total. The first-order chi connectivity index (χ1) is 15.3. The van der Waals surface area contributed by atoms with E-state index in [2.05, 4.69) is 17.5 Å². The molecule has 2 aromatic rings. The maximum Gasteiger partial charge on any atom is 0.258 e. The number of amides is 2. The van der Waals surface area contributed by atoms with E-state index >= 15 is 0 Å². The van der Waals surface area contributed by atoms with Gasteiger partial charge in [-0.3, -0.25) is 9.59 Å². The molecule has 1 aliphatic heterocycles. The summed E-state index contributed by atoms with van der Waals surface area (Å²) in [6.07, 6.45) is 5.30. The van der Waals surface area contributed by atoms with Crippen LogP contribution in [0.4, 0.5) is 0 Å². The molecule has 0 aliphatic carbocycles. The summed E-state index contributed by atoms with van der Waals surface area (Å²) in [5.74, 6) is 0.00745. The number of carbonyl (C=O) groups excluding carboxylic acids is 2. The largest absolute Gasteiger partial charge is 0.490 e. The van der Waals surface area contributed by atoms with Crippen molar-refractivity contribution in [1.82, 2.24) is 10.2 Å². The van der Waals surface area contributed by atoms with Crippen molar-refractivity contribution in [2.75, 3.05) is 7.05 Å². The van der Waals surface area contributed by atoms with Gasteiger partial charge in [0.25, 0.3) is 5.91 Å². The van der Waals surface area contributed by atoms with Crippen LogP contribution in [0, 0.1) is 5.92 Å². The van der Waals surface area contributed by atoms with E-state index in [1.165, 1.54) is 4.90 Å². The Morgan fingerprint density at radius 2 is 1.78 bits per heavy atom. The molecule has 0 unspecified atom stereocenters. The molecular weight excluding hydrogens is 424 g/mol. The molecule has 0 saturated carbocycles. The quantitative estimate of drug-likeness (QED) is 0.617. The highest BCUT2D eigenvalue weighted by atomic mass is 35.5. The summed E-state index contributed by atoms with van der Waals surface area (Å²) < 4.78 is 6.09. The average Bonchev–Trinajstić information content (AvgIpc) is 2.75. The number of ether oxygens (including phenoxy) is 1. The first-order valence-electron chi connectivity index (χ1n) is 11.0. The Balaban J connectivity index is 2.01. The summed E-state index contributed by atoms with van der Waals surface area (Å²) in [5, 5.41) is 3.78. The number of likely N-dealkylation sites (N-methyl/N-ethyl adjacent to an activating group) is 1. The number of carbonyl (C=O) groups is 2. The molecule has 0 saturated heterocycles. The molecule has 2 amide bonds. The number of hydrogen-bond donors (Lipinski definition) is 1. The number of nitrogens with one attached hydrogen (secondary N) is 1. The normalized spacial score (nSPS) is 23.7. The van der Waals surface area contributed by atoms with Crippen molar-refractivity contribution in [2.45, 2.75) is 51.8 Å². The molecule has 170 valence electrons. The molecule has 32 heavy (non-hydrogen) atoms. The Morgan fingerprint density at radius 3 is 2.50 bits per heavy atom. The topological polar surface area (TPSA) is 58.6 Å². The van der Waals surface area contributed by atoms with E-state index in [1.54, 1.807) is 25.2 Å². The SMILES string of the molecule is CC(C)[C@H]1C(=O)N[C@H](c2cccc(Cl)c2)C/C=C/C[C@H](C)Oc2ccccc2C(=O)N1C. The van der Waals surface area contributed by atoms with Crippen LogP contribution in [-0.2, 0) is 4.79 Å². The molecule has 0 fully saturated rings. The molecule has 1 N–H and O–H groups in total. The zero-order valence-corrected chi connectivity index (χ0v) is 19.8. The van der Waals surface area contributed by atoms with Crippen molar-refractivity contribution in [1.29, 1.82) is 0 Å². The number of halogens is 1. The van der Waals surface area contributed by atoms with Crippen LogP contribution in [0.25, 0.3) is 0 Å². The van der Waals surface area contributed by atoms with Crippen LogP contribution in [0.15, 0.2) is 60.7 Å². The standard InChI is InChI=1S/C26H31ClN2O3/c1-17(2)24-25(30)28-22(19-11-9-12-20(27)16-19)14-7-5-10-18(3)32-23-15-8-6-13-21(23)26(31)29(24)4/h5-9,11-13,15-18,22,24H,10,14H2,1-4H3,(H,28,30)/b7-5+/t18-,22-,24-/m0/s1. The van der Waals surface area contributed by atoms with Gasteiger partial charge in [0.1, 0.15) is 11.8 Å². The summed E-state index contributed by atoms with van der Waals surface area (Å²) >= 11 is 6.21. The minimum Gasteiger partial charge on any atom is -0.490 e. The minimum absolute atomic E-state index is 0.0839. The number of hydrogen-bond acceptors (Lipinski definition) is 3. The lowest BCUT2D eigenvalue weighted by atomic mass is 9.98. The third-order valence-electron chi connectivity index (χ3n) is 5.66. The molecule has 0 aromatic heterocycles. The fourth-order valence-electron chi connectivity index (χ4n) is 4.03. The monoisotopic (exact) mass is 454 g/mol. The highest BCUT2D eigenvalue weighted by molar-refractivity contribution is 6.30. The van der Waals surface area contributed by atoms with E-state index in [0.29, 0.717) is 29.2 Å². The number of nitrogens with zero attached hydrogens (tertiary/aromatic N) is 1. The zero-order valence-electron chi connectivity index (χ0n) is 19.0. The minimum atomic E-state index is -0.637. The van der Waals surface area contributed by atoms with Crippen LogP contribution in [0.1, 0.15) is 55.6 Å². The van der Waals surface area contributed by atoms with Crippen LogP contribution in [0.2, 0.25) is 5.02 Å². The van der Waals surface area contributed by atoms with Gasteiger partial charge >= 0.3 is 0 Å². The van der Waals surface area contributed by atoms with Crippen molar-refractivity contribution in [3.05, 3.63) is 76.8 Å². The van der Waals surface area contributed by atoms with Gasteiger partial charge in [0.2, 0.25) is 5.91 Å². The number of rotatable bonds is 2. The van der Waals surface area contributed by atoms with Gasteiger partial charge in [-0.15, -0.1) is 0 Å². The summed E-state index contributed by atoms with van der Waals surface area (Å²) in [6.45, 7) is 5.86. The number of fused-ring (bicyclic) bond motifs is 1.